The van der Waals surface area contributed by atoms with Crippen LogP contribution in [0.1, 0.15) is 18.1 Å². The maximum Gasteiger partial charge on any atom is 0.248 e. The quantitative estimate of drug-likeness (QED) is 0.215. The minimum Gasteiger partial charge on any atom is -0.490 e. The van der Waals surface area contributed by atoms with Crippen molar-refractivity contribution in [3.8, 4) is 17.2 Å². The zero-order chi connectivity index (χ0) is 25.0. The molecule has 0 aliphatic heterocycles. The number of carbonyl (C=O) groups excluding carboxylic acids is 1. The van der Waals surface area contributed by atoms with Crippen molar-refractivity contribution in [2.45, 2.75) is 13.5 Å². The number of benzene rings is 3. The number of nitrogens with zero attached hydrogens (tertiary/aromatic N) is 2. The van der Waals surface area contributed by atoms with Crippen molar-refractivity contribution >= 4 is 17.7 Å². The SMILES string of the molecule is CCOc1cc(/C=C/C(=O)Nc2ccccc2Cn2cccn2)ccc1OCCOc1ccccc1. The first-order chi connectivity index (χ1) is 17.7. The van der Waals surface area contributed by atoms with Crippen LogP contribution in [-0.2, 0) is 11.3 Å². The number of anilines is 1. The number of rotatable bonds is 12. The molecule has 7 heteroatoms. The van der Waals surface area contributed by atoms with Gasteiger partial charge in [0.2, 0.25) is 5.91 Å². The molecule has 7 nitrogen and oxygen atoms in total. The van der Waals surface area contributed by atoms with Crippen LogP contribution in [0.2, 0.25) is 0 Å². The Hall–Kier alpha value is -4.52. The second-order valence-electron chi connectivity index (χ2n) is 7.83. The zero-order valence-corrected chi connectivity index (χ0v) is 20.2. The maximum atomic E-state index is 12.6. The summed E-state index contributed by atoms with van der Waals surface area (Å²) in [7, 11) is 0. The van der Waals surface area contributed by atoms with Gasteiger partial charge < -0.3 is 19.5 Å². The largest absolute Gasteiger partial charge is 0.490 e. The molecular formula is C29H29N3O4. The van der Waals surface area contributed by atoms with Crippen LogP contribution in [-0.4, -0.2) is 35.5 Å². The van der Waals surface area contributed by atoms with Gasteiger partial charge in [-0.15, -0.1) is 0 Å². The molecule has 1 aromatic heterocycles. The van der Waals surface area contributed by atoms with Crippen LogP contribution < -0.4 is 19.5 Å². The van der Waals surface area contributed by atoms with E-state index in [-0.39, 0.29) is 5.91 Å². The second-order valence-corrected chi connectivity index (χ2v) is 7.83. The average Bonchev–Trinajstić information content (AvgIpc) is 3.41. The standard InChI is InChI=1S/C29H29N3O4/c1-2-34-28-21-23(13-15-27(28)36-20-19-35-25-10-4-3-5-11-25)14-16-29(33)31-26-12-7-6-9-24(26)22-32-18-8-17-30-32/h3-18,21H,2,19-20,22H2,1H3,(H,31,33)/b16-14+. The number of amides is 1. The molecule has 4 aromatic rings. The Bertz CT molecular complexity index is 1270. The molecule has 1 N–H and O–H groups in total. The fraction of sp³-hybridized carbons (Fsp3) is 0.172. The molecule has 0 spiro atoms. The summed E-state index contributed by atoms with van der Waals surface area (Å²) in [4.78, 5) is 12.6. The van der Waals surface area contributed by atoms with Gasteiger partial charge in [0, 0.05) is 24.2 Å². The Labute approximate surface area is 210 Å². The van der Waals surface area contributed by atoms with Crippen LogP contribution in [0.25, 0.3) is 6.08 Å². The lowest BCUT2D eigenvalue weighted by Crippen LogP contribution is -2.11. The van der Waals surface area contributed by atoms with E-state index < -0.39 is 0 Å². The molecule has 36 heavy (non-hydrogen) atoms. The van der Waals surface area contributed by atoms with Gasteiger partial charge in [0.1, 0.15) is 19.0 Å². The van der Waals surface area contributed by atoms with Gasteiger partial charge in [0.25, 0.3) is 0 Å². The van der Waals surface area contributed by atoms with Crippen molar-refractivity contribution in [1.82, 2.24) is 9.78 Å². The molecule has 0 fully saturated rings. The molecule has 0 atom stereocenters. The summed E-state index contributed by atoms with van der Waals surface area (Å²) in [5, 5.41) is 7.19. The van der Waals surface area contributed by atoms with Crippen LogP contribution in [0.15, 0.2) is 97.3 Å². The highest BCUT2D eigenvalue weighted by Crippen LogP contribution is 2.29. The van der Waals surface area contributed by atoms with Gasteiger partial charge in [-0.1, -0.05) is 42.5 Å². The summed E-state index contributed by atoms with van der Waals surface area (Å²) in [5.74, 6) is 1.82. The van der Waals surface area contributed by atoms with Gasteiger partial charge in [0.15, 0.2) is 11.5 Å². The van der Waals surface area contributed by atoms with E-state index in [1.807, 2.05) is 96.7 Å². The predicted molar refractivity (Wildman–Crippen MR) is 140 cm³/mol. The van der Waals surface area contributed by atoms with Gasteiger partial charge in [0.05, 0.1) is 13.2 Å². The number of carbonyl (C=O) groups is 1. The van der Waals surface area contributed by atoms with Gasteiger partial charge in [-0.2, -0.15) is 5.10 Å². The second kappa shape index (κ2) is 12.8. The zero-order valence-electron chi connectivity index (χ0n) is 20.2. The summed E-state index contributed by atoms with van der Waals surface area (Å²) in [6.45, 7) is 3.78. The van der Waals surface area contributed by atoms with E-state index in [0.717, 1.165) is 22.6 Å². The summed E-state index contributed by atoms with van der Waals surface area (Å²) in [5.41, 5.74) is 2.55. The lowest BCUT2D eigenvalue weighted by molar-refractivity contribution is -0.111. The minimum atomic E-state index is -0.223. The maximum absolute atomic E-state index is 12.6. The topological polar surface area (TPSA) is 74.6 Å². The van der Waals surface area contributed by atoms with E-state index in [1.165, 1.54) is 6.08 Å². The van der Waals surface area contributed by atoms with Crippen molar-refractivity contribution in [1.29, 1.82) is 0 Å². The molecule has 0 bridgehead atoms. The first-order valence-corrected chi connectivity index (χ1v) is 11.8. The molecule has 0 unspecified atom stereocenters. The highest BCUT2D eigenvalue weighted by molar-refractivity contribution is 6.02. The Morgan fingerprint density at radius 2 is 1.72 bits per heavy atom. The lowest BCUT2D eigenvalue weighted by atomic mass is 10.1. The highest BCUT2D eigenvalue weighted by atomic mass is 16.5. The number of hydrogen-bond acceptors (Lipinski definition) is 5. The first-order valence-electron chi connectivity index (χ1n) is 11.8. The third kappa shape index (κ3) is 7.24. The van der Waals surface area contributed by atoms with Crippen LogP contribution in [0, 0.1) is 0 Å². The van der Waals surface area contributed by atoms with Crippen molar-refractivity contribution in [3.63, 3.8) is 0 Å². The fourth-order valence-electron chi connectivity index (χ4n) is 3.54. The van der Waals surface area contributed by atoms with Gasteiger partial charge in [-0.3, -0.25) is 9.48 Å². The Morgan fingerprint density at radius 1 is 0.917 bits per heavy atom. The molecule has 0 radical (unpaired) electrons. The van der Waals surface area contributed by atoms with Gasteiger partial charge in [-0.05, 0) is 60.5 Å². The Balaban J connectivity index is 1.35. The molecule has 184 valence electrons. The van der Waals surface area contributed by atoms with Crippen LogP contribution in [0.5, 0.6) is 17.2 Å². The predicted octanol–water partition coefficient (Wildman–Crippen LogP) is 5.44. The summed E-state index contributed by atoms with van der Waals surface area (Å²) < 4.78 is 19.1. The van der Waals surface area contributed by atoms with E-state index in [0.29, 0.717) is 37.9 Å². The van der Waals surface area contributed by atoms with Crippen molar-refractivity contribution in [3.05, 3.63) is 108 Å². The van der Waals surface area contributed by atoms with Crippen molar-refractivity contribution in [2.24, 2.45) is 0 Å². The van der Waals surface area contributed by atoms with Crippen LogP contribution in [0.4, 0.5) is 5.69 Å². The van der Waals surface area contributed by atoms with Crippen LogP contribution >= 0.6 is 0 Å². The number of aromatic nitrogens is 2. The molecule has 1 amide bonds. The molecule has 1 heterocycles. The fourth-order valence-corrected chi connectivity index (χ4v) is 3.54. The summed E-state index contributed by atoms with van der Waals surface area (Å²) >= 11 is 0. The van der Waals surface area contributed by atoms with E-state index in [1.54, 1.807) is 12.3 Å². The first kappa shape index (κ1) is 24.6. The molecule has 0 saturated carbocycles. The average molecular weight is 484 g/mol. The minimum absolute atomic E-state index is 0.223. The monoisotopic (exact) mass is 483 g/mol. The van der Waals surface area contributed by atoms with E-state index in [9.17, 15) is 4.79 Å². The highest BCUT2D eigenvalue weighted by Gasteiger charge is 2.08. The third-order valence-corrected chi connectivity index (χ3v) is 5.21. The number of para-hydroxylation sites is 2. The molecule has 0 aliphatic carbocycles. The number of nitrogens with one attached hydrogen (secondary N) is 1. The smallest absolute Gasteiger partial charge is 0.248 e. The summed E-state index contributed by atoms with van der Waals surface area (Å²) in [6, 6.07) is 24.7. The van der Waals surface area contributed by atoms with E-state index >= 15 is 0 Å². The van der Waals surface area contributed by atoms with Gasteiger partial charge in [-0.25, -0.2) is 0 Å². The molecular weight excluding hydrogens is 454 g/mol. The molecule has 4 rings (SSSR count). The Morgan fingerprint density at radius 3 is 2.53 bits per heavy atom. The number of ether oxygens (including phenoxy) is 3. The lowest BCUT2D eigenvalue weighted by Gasteiger charge is -2.13. The summed E-state index contributed by atoms with van der Waals surface area (Å²) in [6.07, 6.45) is 6.87. The van der Waals surface area contributed by atoms with Crippen molar-refractivity contribution in [2.75, 3.05) is 25.1 Å². The van der Waals surface area contributed by atoms with Crippen molar-refractivity contribution < 1.29 is 19.0 Å². The molecule has 0 saturated heterocycles. The Kier molecular flexibility index (Phi) is 8.75. The van der Waals surface area contributed by atoms with Crippen LogP contribution in [0.3, 0.4) is 0 Å². The number of hydrogen-bond donors (Lipinski definition) is 1. The normalized spacial score (nSPS) is 10.8. The molecule has 0 aliphatic rings. The van der Waals surface area contributed by atoms with Gasteiger partial charge >= 0.3 is 0 Å². The molecule has 3 aromatic carbocycles. The van der Waals surface area contributed by atoms with E-state index in [4.69, 9.17) is 14.2 Å². The third-order valence-electron chi connectivity index (χ3n) is 5.21. The van der Waals surface area contributed by atoms with E-state index in [2.05, 4.69) is 10.4 Å².